The molecule has 2 rings (SSSR count). The average molecular weight is 409 g/mol. The molecule has 0 bridgehead atoms. The zero-order valence-corrected chi connectivity index (χ0v) is 16.4. The summed E-state index contributed by atoms with van der Waals surface area (Å²) in [5, 5.41) is 31.9. The molecule has 0 spiro atoms. The van der Waals surface area contributed by atoms with Gasteiger partial charge in [-0.25, -0.2) is 0 Å². The maximum atomic E-state index is 14.4. The number of nitrogens with zero attached hydrogens (tertiary/aromatic N) is 1. The Kier molecular flexibility index (Phi) is 8.49. The minimum Gasteiger partial charge on any atom is -0.632 e. The van der Waals surface area contributed by atoms with E-state index in [4.69, 9.17) is 5.11 Å². The van der Waals surface area contributed by atoms with Crippen molar-refractivity contribution < 1.29 is 28.4 Å². The number of carbonyl (C=O) groups is 1. The van der Waals surface area contributed by atoms with Gasteiger partial charge < -0.3 is 20.1 Å². The monoisotopic (exact) mass is 409 g/mol. The molecule has 0 aliphatic carbocycles. The van der Waals surface area contributed by atoms with Crippen molar-refractivity contribution in [3.63, 3.8) is 0 Å². The highest BCUT2D eigenvalue weighted by atomic mass is 19.3. The van der Waals surface area contributed by atoms with E-state index in [2.05, 4.69) is 0 Å². The maximum Gasteiger partial charge on any atom is 0.303 e. The number of hydroxylamine groups is 3. The molecule has 3 atom stereocenters. The first-order valence-electron chi connectivity index (χ1n) is 10.00. The highest BCUT2D eigenvalue weighted by molar-refractivity contribution is 5.66. The van der Waals surface area contributed by atoms with Crippen LogP contribution in [0.1, 0.15) is 44.1 Å². The Balaban J connectivity index is 1.99. The fourth-order valence-electron chi connectivity index (χ4n) is 3.54. The lowest BCUT2D eigenvalue weighted by Crippen LogP contribution is -2.53. The van der Waals surface area contributed by atoms with Crippen LogP contribution >= 0.6 is 0 Å². The van der Waals surface area contributed by atoms with Gasteiger partial charge in [-0.1, -0.05) is 36.4 Å². The summed E-state index contributed by atoms with van der Waals surface area (Å²) in [6, 6.07) is 6.64. The summed E-state index contributed by atoms with van der Waals surface area (Å²) in [5.74, 6) is -4.28. The minimum atomic E-state index is -3.44. The number of benzene rings is 1. The van der Waals surface area contributed by atoms with Crippen LogP contribution < -0.4 is 0 Å². The first-order valence-corrected chi connectivity index (χ1v) is 10.00. The number of carboxylic acids is 1. The van der Waals surface area contributed by atoms with Crippen LogP contribution in [0.25, 0.3) is 0 Å². The van der Waals surface area contributed by atoms with Crippen molar-refractivity contribution in [1.82, 2.24) is 0 Å². The molecule has 1 heterocycles. The molecule has 1 aromatic rings. The van der Waals surface area contributed by atoms with Gasteiger partial charge in [0.25, 0.3) is 0 Å². The summed E-state index contributed by atoms with van der Waals surface area (Å²) < 4.78 is 28.3. The van der Waals surface area contributed by atoms with Crippen LogP contribution in [-0.4, -0.2) is 46.1 Å². The molecular weight excluding hydrogens is 380 g/mol. The van der Waals surface area contributed by atoms with Crippen LogP contribution in [0.15, 0.2) is 54.6 Å². The number of halogens is 2. The topological polar surface area (TPSA) is 80.6 Å². The van der Waals surface area contributed by atoms with Gasteiger partial charge in [0.05, 0.1) is 13.1 Å². The van der Waals surface area contributed by atoms with E-state index in [0.29, 0.717) is 25.8 Å². The number of allylic oxidation sites excluding steroid dienone is 1. The van der Waals surface area contributed by atoms with Crippen LogP contribution in [0.5, 0.6) is 0 Å². The van der Waals surface area contributed by atoms with Crippen LogP contribution in [0.4, 0.5) is 8.78 Å². The van der Waals surface area contributed by atoms with Crippen molar-refractivity contribution in [3.8, 4) is 0 Å². The van der Waals surface area contributed by atoms with Crippen molar-refractivity contribution in [2.24, 2.45) is 0 Å². The van der Waals surface area contributed by atoms with Gasteiger partial charge in [0.1, 0.15) is 12.1 Å². The predicted octanol–water partition coefficient (Wildman–Crippen LogP) is 4.37. The van der Waals surface area contributed by atoms with Gasteiger partial charge in [-0.2, -0.15) is 8.78 Å². The highest BCUT2D eigenvalue weighted by Crippen LogP contribution is 2.33. The second-order valence-electron chi connectivity index (χ2n) is 7.50. The molecule has 5 nitrogen and oxygen atoms in total. The number of piperidine rings is 1. The zero-order valence-electron chi connectivity index (χ0n) is 16.4. The Hall–Kier alpha value is -2.09. The lowest BCUT2D eigenvalue weighted by atomic mass is 9.98. The SMILES string of the molecule is O=C(O)CCC/C=C\C[N+]1([O-])CCCC[C@@H]1/C=C/[C@@H](O)C(F)(F)c1ccccc1. The van der Waals surface area contributed by atoms with Gasteiger partial charge in [0, 0.05) is 18.4 Å². The molecular formula is C22H29F2NO4. The van der Waals surface area contributed by atoms with E-state index >= 15 is 0 Å². The summed E-state index contributed by atoms with van der Waals surface area (Å²) in [7, 11) is 0. The normalized spacial score (nSPS) is 24.2. The molecule has 1 fully saturated rings. The number of quaternary nitrogens is 1. The van der Waals surface area contributed by atoms with Gasteiger partial charge in [-0.15, -0.1) is 0 Å². The van der Waals surface area contributed by atoms with Gasteiger partial charge in [-0.05, 0) is 43.9 Å². The number of aliphatic hydroxyl groups is 1. The molecule has 1 aliphatic heterocycles. The molecule has 0 radical (unpaired) electrons. The summed E-state index contributed by atoms with van der Waals surface area (Å²) >= 11 is 0. The number of alkyl halides is 2. The Morgan fingerprint density at radius 1 is 1.28 bits per heavy atom. The van der Waals surface area contributed by atoms with Gasteiger partial charge >= 0.3 is 11.9 Å². The number of aliphatic carboxylic acids is 1. The molecule has 1 saturated heterocycles. The van der Waals surface area contributed by atoms with E-state index in [1.54, 1.807) is 18.2 Å². The zero-order chi connectivity index (χ0) is 21.3. The Morgan fingerprint density at radius 2 is 2.00 bits per heavy atom. The van der Waals surface area contributed by atoms with Crippen LogP contribution in [-0.2, 0) is 10.7 Å². The number of hydrogen-bond donors (Lipinski definition) is 2. The third-order valence-electron chi connectivity index (χ3n) is 5.28. The largest absolute Gasteiger partial charge is 0.632 e. The molecule has 1 aliphatic rings. The van der Waals surface area contributed by atoms with Gasteiger partial charge in [0.15, 0.2) is 0 Å². The number of likely N-dealkylation sites (tertiary alicyclic amines) is 1. The molecule has 1 aromatic carbocycles. The number of hydrogen-bond acceptors (Lipinski definition) is 3. The maximum absolute atomic E-state index is 14.4. The second-order valence-corrected chi connectivity index (χ2v) is 7.50. The van der Waals surface area contributed by atoms with Crippen molar-refractivity contribution in [2.45, 2.75) is 56.6 Å². The number of carboxylic acid groups (broad SMARTS) is 1. The lowest BCUT2D eigenvalue weighted by Gasteiger charge is -2.50. The van der Waals surface area contributed by atoms with Gasteiger partial charge in [0.2, 0.25) is 0 Å². The summed E-state index contributed by atoms with van der Waals surface area (Å²) in [6.45, 7) is 0.590. The Bertz CT molecular complexity index is 708. The lowest BCUT2D eigenvalue weighted by molar-refractivity contribution is -0.898. The second kappa shape index (κ2) is 10.6. The van der Waals surface area contributed by atoms with E-state index < -0.39 is 28.7 Å². The van der Waals surface area contributed by atoms with E-state index in [-0.39, 0.29) is 18.5 Å². The molecule has 0 saturated carbocycles. The predicted molar refractivity (Wildman–Crippen MR) is 107 cm³/mol. The van der Waals surface area contributed by atoms with Crippen molar-refractivity contribution in [2.75, 3.05) is 13.1 Å². The first kappa shape index (κ1) is 23.2. The number of aliphatic hydroxyl groups excluding tert-OH is 1. The summed E-state index contributed by atoms with van der Waals surface area (Å²) in [4.78, 5) is 10.5. The van der Waals surface area contributed by atoms with Crippen LogP contribution in [0.2, 0.25) is 0 Å². The Morgan fingerprint density at radius 3 is 2.69 bits per heavy atom. The molecule has 0 aromatic heterocycles. The fraction of sp³-hybridized carbons (Fsp3) is 0.500. The van der Waals surface area contributed by atoms with E-state index in [1.165, 1.54) is 30.3 Å². The smallest absolute Gasteiger partial charge is 0.303 e. The Labute approximate surface area is 170 Å². The van der Waals surface area contributed by atoms with Crippen molar-refractivity contribution in [1.29, 1.82) is 0 Å². The van der Waals surface area contributed by atoms with Crippen LogP contribution in [0.3, 0.4) is 0 Å². The molecule has 7 heteroatoms. The molecule has 1 unspecified atom stereocenters. The standard InChI is InChI=1S/C22H29F2NO4/c23-22(24,18-10-4-3-5-11-18)20(26)15-14-19-12-7-9-17-25(19,29)16-8-2-1-6-13-21(27)28/h2-5,8,10-11,14-15,19-20,26H,1,6-7,9,12-13,16-17H2,(H,27,28)/b8-2-,15-14+/t19-,20-,25?/m1/s1. The van der Waals surface area contributed by atoms with Gasteiger partial charge in [-0.3, -0.25) is 4.79 Å². The highest BCUT2D eigenvalue weighted by Gasteiger charge is 2.39. The molecule has 29 heavy (non-hydrogen) atoms. The fourth-order valence-corrected chi connectivity index (χ4v) is 3.54. The number of unbranched alkanes of at least 4 members (excludes halogenated alkanes) is 1. The van der Waals surface area contributed by atoms with E-state index in [9.17, 15) is 23.9 Å². The average Bonchev–Trinajstić information content (AvgIpc) is 2.70. The third-order valence-corrected chi connectivity index (χ3v) is 5.28. The number of rotatable bonds is 10. The molecule has 0 amide bonds. The first-order chi connectivity index (χ1) is 13.8. The quantitative estimate of drug-likeness (QED) is 0.260. The van der Waals surface area contributed by atoms with E-state index in [0.717, 1.165) is 18.9 Å². The third kappa shape index (κ3) is 6.73. The summed E-state index contributed by atoms with van der Waals surface area (Å²) in [5.41, 5.74) is -0.270. The summed E-state index contributed by atoms with van der Waals surface area (Å²) in [6.07, 6.45) is 7.38. The minimum absolute atomic E-state index is 0.0839. The van der Waals surface area contributed by atoms with Crippen LogP contribution in [0, 0.1) is 5.21 Å². The van der Waals surface area contributed by atoms with E-state index in [1.807, 2.05) is 0 Å². The van der Waals surface area contributed by atoms with Crippen molar-refractivity contribution >= 4 is 5.97 Å². The van der Waals surface area contributed by atoms with Crippen molar-refractivity contribution in [3.05, 3.63) is 65.4 Å². The molecule has 2 N–H and O–H groups in total. The molecule has 160 valence electrons.